The van der Waals surface area contributed by atoms with E-state index >= 15 is 0 Å². The van der Waals surface area contributed by atoms with Gasteiger partial charge in [0.1, 0.15) is 10.9 Å². The quantitative estimate of drug-likeness (QED) is 0.738. The van der Waals surface area contributed by atoms with Crippen molar-refractivity contribution in [3.8, 4) is 5.75 Å². The second-order valence-electron chi connectivity index (χ2n) is 3.31. The Morgan fingerprint density at radius 1 is 1.33 bits per heavy atom. The molecule has 0 amide bonds. The topological polar surface area (TPSA) is 22.1 Å². The van der Waals surface area contributed by atoms with Gasteiger partial charge in [0.2, 0.25) is 0 Å². The summed E-state index contributed by atoms with van der Waals surface area (Å²) in [4.78, 5) is 4.23. The van der Waals surface area contributed by atoms with Crippen LogP contribution in [0.4, 0.5) is 0 Å². The van der Waals surface area contributed by atoms with Crippen LogP contribution < -0.4 is 4.74 Å². The number of hydrogen-bond acceptors (Lipinski definition) is 2. The molecule has 1 aromatic carbocycles. The molecule has 2 aromatic rings. The Morgan fingerprint density at radius 3 is 2.93 bits per heavy atom. The summed E-state index contributed by atoms with van der Waals surface area (Å²) >= 11 is 5.91. The fourth-order valence-electron chi connectivity index (χ4n) is 1.44. The third-order valence-corrected chi connectivity index (χ3v) is 2.30. The van der Waals surface area contributed by atoms with E-state index in [1.165, 1.54) is 0 Å². The largest absolute Gasteiger partial charge is 0.493 e. The minimum absolute atomic E-state index is 0.472. The summed E-state index contributed by atoms with van der Waals surface area (Å²) in [6, 6.07) is 9.59. The van der Waals surface area contributed by atoms with Gasteiger partial charge in [0.15, 0.2) is 0 Å². The highest BCUT2D eigenvalue weighted by atomic mass is 35.5. The number of halogens is 1. The van der Waals surface area contributed by atoms with Gasteiger partial charge in [0, 0.05) is 11.5 Å². The van der Waals surface area contributed by atoms with Crippen LogP contribution >= 0.6 is 11.6 Å². The normalized spacial score (nSPS) is 10.5. The summed E-state index contributed by atoms with van der Waals surface area (Å²) in [5.74, 6) is 0.812. The van der Waals surface area contributed by atoms with E-state index in [1.807, 2.05) is 24.3 Å². The van der Waals surface area contributed by atoms with Gasteiger partial charge < -0.3 is 4.74 Å². The minimum Gasteiger partial charge on any atom is -0.493 e. The van der Waals surface area contributed by atoms with Crippen LogP contribution in [0.1, 0.15) is 13.3 Å². The highest BCUT2D eigenvalue weighted by molar-refractivity contribution is 6.30. The lowest BCUT2D eigenvalue weighted by molar-refractivity contribution is 0.321. The van der Waals surface area contributed by atoms with Gasteiger partial charge in [-0.05, 0) is 18.6 Å². The molecule has 2 nitrogen and oxygen atoms in total. The molecule has 0 unspecified atom stereocenters. The molecule has 0 aliphatic heterocycles. The van der Waals surface area contributed by atoms with Crippen molar-refractivity contribution in [1.29, 1.82) is 0 Å². The molecule has 2 rings (SSSR count). The molecule has 0 saturated heterocycles. The van der Waals surface area contributed by atoms with E-state index in [9.17, 15) is 0 Å². The Morgan fingerprint density at radius 2 is 2.13 bits per heavy atom. The van der Waals surface area contributed by atoms with E-state index in [4.69, 9.17) is 16.3 Å². The number of fused-ring (bicyclic) bond motifs is 1. The van der Waals surface area contributed by atoms with Crippen molar-refractivity contribution in [1.82, 2.24) is 4.98 Å². The fourth-order valence-corrected chi connectivity index (χ4v) is 1.63. The van der Waals surface area contributed by atoms with E-state index < -0.39 is 0 Å². The van der Waals surface area contributed by atoms with E-state index in [1.54, 1.807) is 6.07 Å². The van der Waals surface area contributed by atoms with Gasteiger partial charge in [-0.2, -0.15) is 0 Å². The first-order valence-electron chi connectivity index (χ1n) is 4.99. The number of aromatic nitrogens is 1. The van der Waals surface area contributed by atoms with Crippen LogP contribution in [-0.4, -0.2) is 11.6 Å². The summed E-state index contributed by atoms with van der Waals surface area (Å²) < 4.78 is 5.62. The predicted molar refractivity (Wildman–Crippen MR) is 62.5 cm³/mol. The molecule has 0 spiro atoms. The third kappa shape index (κ3) is 2.21. The second kappa shape index (κ2) is 4.49. The average molecular weight is 222 g/mol. The van der Waals surface area contributed by atoms with Gasteiger partial charge in [0.25, 0.3) is 0 Å². The molecule has 1 heterocycles. The molecule has 0 saturated carbocycles. The SMILES string of the molecule is CCCOc1cc(Cl)nc2ccccc12. The first-order chi connectivity index (χ1) is 7.31. The number of hydrogen-bond donors (Lipinski definition) is 0. The molecule has 0 aliphatic carbocycles. The summed E-state index contributed by atoms with van der Waals surface area (Å²) in [5, 5.41) is 1.48. The van der Waals surface area contributed by atoms with Gasteiger partial charge in [-0.3, -0.25) is 0 Å². The molecular weight excluding hydrogens is 210 g/mol. The Bertz CT molecular complexity index is 470. The van der Waals surface area contributed by atoms with Crippen molar-refractivity contribution in [2.45, 2.75) is 13.3 Å². The third-order valence-electron chi connectivity index (χ3n) is 2.11. The minimum atomic E-state index is 0.472. The van der Waals surface area contributed by atoms with Crippen molar-refractivity contribution >= 4 is 22.5 Å². The van der Waals surface area contributed by atoms with Crippen LogP contribution in [0, 0.1) is 0 Å². The second-order valence-corrected chi connectivity index (χ2v) is 3.70. The fraction of sp³-hybridized carbons (Fsp3) is 0.250. The van der Waals surface area contributed by atoms with Gasteiger partial charge in [-0.25, -0.2) is 4.98 Å². The molecule has 1 aromatic heterocycles. The summed E-state index contributed by atoms with van der Waals surface area (Å²) in [6.07, 6.45) is 0.980. The lowest BCUT2D eigenvalue weighted by atomic mass is 10.2. The van der Waals surface area contributed by atoms with Crippen LogP contribution in [0.25, 0.3) is 10.9 Å². The molecule has 78 valence electrons. The van der Waals surface area contributed by atoms with Crippen molar-refractivity contribution in [2.24, 2.45) is 0 Å². The van der Waals surface area contributed by atoms with Gasteiger partial charge >= 0.3 is 0 Å². The molecule has 0 fully saturated rings. The molecular formula is C12H12ClNO. The van der Waals surface area contributed by atoms with Crippen LogP contribution in [-0.2, 0) is 0 Å². The number of nitrogens with zero attached hydrogens (tertiary/aromatic N) is 1. The van der Waals surface area contributed by atoms with E-state index in [0.29, 0.717) is 11.8 Å². The summed E-state index contributed by atoms with van der Waals surface area (Å²) in [6.45, 7) is 2.77. The van der Waals surface area contributed by atoms with Gasteiger partial charge in [0.05, 0.1) is 12.1 Å². The van der Waals surface area contributed by atoms with Crippen molar-refractivity contribution in [3.05, 3.63) is 35.5 Å². The Labute approximate surface area is 93.8 Å². The molecule has 0 bridgehead atoms. The Hall–Kier alpha value is -1.28. The number of benzene rings is 1. The predicted octanol–water partition coefficient (Wildman–Crippen LogP) is 3.68. The molecule has 0 aliphatic rings. The van der Waals surface area contributed by atoms with Gasteiger partial charge in [-0.15, -0.1) is 0 Å². The molecule has 0 atom stereocenters. The number of para-hydroxylation sites is 1. The van der Waals surface area contributed by atoms with Crippen LogP contribution in [0.5, 0.6) is 5.75 Å². The number of ether oxygens (including phenoxy) is 1. The maximum absolute atomic E-state index is 5.91. The molecule has 15 heavy (non-hydrogen) atoms. The zero-order chi connectivity index (χ0) is 10.7. The summed E-state index contributed by atoms with van der Waals surface area (Å²) in [5.41, 5.74) is 0.871. The van der Waals surface area contributed by atoms with Crippen LogP contribution in [0.2, 0.25) is 5.15 Å². The van der Waals surface area contributed by atoms with Gasteiger partial charge in [-0.1, -0.05) is 30.7 Å². The molecule has 0 radical (unpaired) electrons. The standard InChI is InChI=1S/C12H12ClNO/c1-2-7-15-11-8-12(13)14-10-6-4-3-5-9(10)11/h3-6,8H,2,7H2,1H3. The van der Waals surface area contributed by atoms with Crippen molar-refractivity contribution in [2.75, 3.05) is 6.61 Å². The van der Waals surface area contributed by atoms with Crippen LogP contribution in [0.3, 0.4) is 0 Å². The number of pyridine rings is 1. The highest BCUT2D eigenvalue weighted by Crippen LogP contribution is 2.27. The zero-order valence-corrected chi connectivity index (χ0v) is 9.29. The van der Waals surface area contributed by atoms with Crippen molar-refractivity contribution in [3.63, 3.8) is 0 Å². The van der Waals surface area contributed by atoms with Crippen LogP contribution in [0.15, 0.2) is 30.3 Å². The van der Waals surface area contributed by atoms with Crippen molar-refractivity contribution < 1.29 is 4.74 Å². The first-order valence-corrected chi connectivity index (χ1v) is 5.37. The van der Waals surface area contributed by atoms with E-state index in [2.05, 4.69) is 11.9 Å². The highest BCUT2D eigenvalue weighted by Gasteiger charge is 2.04. The zero-order valence-electron chi connectivity index (χ0n) is 8.53. The smallest absolute Gasteiger partial charge is 0.133 e. The maximum Gasteiger partial charge on any atom is 0.133 e. The Balaban J connectivity index is 2.50. The van der Waals surface area contributed by atoms with E-state index in [-0.39, 0.29) is 0 Å². The number of rotatable bonds is 3. The lowest BCUT2D eigenvalue weighted by Crippen LogP contribution is -1.96. The molecule has 0 N–H and O–H groups in total. The monoisotopic (exact) mass is 221 g/mol. The lowest BCUT2D eigenvalue weighted by Gasteiger charge is -2.08. The molecule has 3 heteroatoms. The maximum atomic E-state index is 5.91. The average Bonchev–Trinajstić information content (AvgIpc) is 2.25. The Kier molecular flexibility index (Phi) is 3.07. The first kappa shape index (κ1) is 10.2. The van der Waals surface area contributed by atoms with E-state index in [0.717, 1.165) is 23.1 Å². The summed E-state index contributed by atoms with van der Waals surface area (Å²) in [7, 11) is 0.